The van der Waals surface area contributed by atoms with Crippen LogP contribution < -0.4 is 0 Å². The van der Waals surface area contributed by atoms with Gasteiger partial charge in [-0.3, -0.25) is 4.98 Å². The van der Waals surface area contributed by atoms with Gasteiger partial charge < -0.3 is 9.30 Å². The van der Waals surface area contributed by atoms with Gasteiger partial charge in [-0.05, 0) is 35.9 Å². The van der Waals surface area contributed by atoms with Crippen LogP contribution in [0.3, 0.4) is 0 Å². The van der Waals surface area contributed by atoms with Crippen molar-refractivity contribution in [2.24, 2.45) is 0 Å². The van der Waals surface area contributed by atoms with Gasteiger partial charge >= 0.3 is 5.97 Å². The number of hydrogen-bond acceptors (Lipinski definition) is 4. The van der Waals surface area contributed by atoms with Crippen molar-refractivity contribution in [3.8, 4) is 0 Å². The van der Waals surface area contributed by atoms with Crippen LogP contribution in [-0.2, 0) is 11.3 Å². The summed E-state index contributed by atoms with van der Waals surface area (Å²) in [6, 6.07) is 9.43. The lowest BCUT2D eigenvalue weighted by molar-refractivity contribution is 0.0594. The van der Waals surface area contributed by atoms with Gasteiger partial charge in [0.1, 0.15) is 5.65 Å². The van der Waals surface area contributed by atoms with E-state index in [1.165, 1.54) is 7.11 Å². The second-order valence-electron chi connectivity index (χ2n) is 4.40. The molecule has 0 unspecified atom stereocenters. The molecule has 0 radical (unpaired) electrons. The van der Waals surface area contributed by atoms with Crippen LogP contribution >= 0.6 is 0 Å². The molecule has 0 amide bonds. The molecule has 0 N–H and O–H groups in total. The van der Waals surface area contributed by atoms with Gasteiger partial charge in [0.15, 0.2) is 5.69 Å². The van der Waals surface area contributed by atoms with E-state index in [2.05, 4.69) is 9.97 Å². The van der Waals surface area contributed by atoms with Crippen LogP contribution in [0.25, 0.3) is 11.0 Å². The Bertz CT molecular complexity index is 750. The van der Waals surface area contributed by atoms with Crippen molar-refractivity contribution in [1.29, 1.82) is 0 Å². The van der Waals surface area contributed by atoms with Crippen molar-refractivity contribution >= 4 is 17.0 Å². The minimum Gasteiger partial charge on any atom is -0.464 e. The third-order valence-corrected chi connectivity index (χ3v) is 3.11. The van der Waals surface area contributed by atoms with E-state index in [-0.39, 0.29) is 0 Å². The number of pyridine rings is 2. The Hall–Kier alpha value is -2.69. The molecule has 20 heavy (non-hydrogen) atoms. The van der Waals surface area contributed by atoms with Gasteiger partial charge in [0.25, 0.3) is 0 Å². The fourth-order valence-corrected chi connectivity index (χ4v) is 2.09. The van der Waals surface area contributed by atoms with Gasteiger partial charge in [0.05, 0.1) is 7.11 Å². The number of carbonyl (C=O) groups excluding carboxylic acids is 1. The molecule has 0 spiro atoms. The zero-order chi connectivity index (χ0) is 13.9. The fourth-order valence-electron chi connectivity index (χ4n) is 2.09. The Labute approximate surface area is 115 Å². The molecule has 0 atom stereocenters. The molecule has 0 aliphatic carbocycles. The third kappa shape index (κ3) is 2.25. The number of ether oxygens (including phenoxy) is 1. The Morgan fingerprint density at radius 2 is 2.00 bits per heavy atom. The molecule has 5 nitrogen and oxygen atoms in total. The Kier molecular flexibility index (Phi) is 3.16. The molecule has 3 heterocycles. The molecule has 0 aliphatic rings. The first kappa shape index (κ1) is 12.3. The number of esters is 1. The highest BCUT2D eigenvalue weighted by molar-refractivity contribution is 5.90. The smallest absolute Gasteiger partial charge is 0.356 e. The average molecular weight is 267 g/mol. The second-order valence-corrected chi connectivity index (χ2v) is 4.40. The zero-order valence-electron chi connectivity index (χ0n) is 11.0. The van der Waals surface area contributed by atoms with Gasteiger partial charge in [-0.1, -0.05) is 0 Å². The van der Waals surface area contributed by atoms with Gasteiger partial charge in [0, 0.05) is 30.5 Å². The molecule has 3 aromatic heterocycles. The van der Waals surface area contributed by atoms with Crippen molar-refractivity contribution in [3.63, 3.8) is 0 Å². The number of nitrogens with zero attached hydrogens (tertiary/aromatic N) is 3. The normalized spacial score (nSPS) is 10.7. The topological polar surface area (TPSA) is 57.0 Å². The van der Waals surface area contributed by atoms with E-state index >= 15 is 0 Å². The first-order valence-electron chi connectivity index (χ1n) is 6.21. The summed E-state index contributed by atoms with van der Waals surface area (Å²) in [6.07, 6.45) is 5.47. The average Bonchev–Trinajstić information content (AvgIpc) is 2.90. The maximum atomic E-state index is 11.5. The molecular formula is C15H13N3O2. The number of fused-ring (bicyclic) bond motifs is 1. The highest BCUT2D eigenvalue weighted by atomic mass is 16.5. The van der Waals surface area contributed by atoms with Crippen LogP contribution in [0.15, 0.2) is 48.9 Å². The molecule has 0 saturated heterocycles. The summed E-state index contributed by atoms with van der Waals surface area (Å²) in [6.45, 7) is 0.684. The molecule has 3 aromatic rings. The van der Waals surface area contributed by atoms with Gasteiger partial charge in [0.2, 0.25) is 0 Å². The summed E-state index contributed by atoms with van der Waals surface area (Å²) in [4.78, 5) is 19.9. The SMILES string of the molecule is COC(=O)c1ccc2ccn(Cc3ccncc3)c2n1. The van der Waals surface area contributed by atoms with E-state index in [1.807, 2.05) is 35.0 Å². The van der Waals surface area contributed by atoms with Crippen molar-refractivity contribution in [1.82, 2.24) is 14.5 Å². The lowest BCUT2D eigenvalue weighted by atomic mass is 10.2. The van der Waals surface area contributed by atoms with Gasteiger partial charge in [-0.2, -0.15) is 0 Å². The number of hydrogen-bond donors (Lipinski definition) is 0. The van der Waals surface area contributed by atoms with E-state index in [1.54, 1.807) is 18.5 Å². The van der Waals surface area contributed by atoms with Crippen molar-refractivity contribution < 1.29 is 9.53 Å². The molecule has 3 rings (SSSR count). The fraction of sp³-hybridized carbons (Fsp3) is 0.133. The maximum Gasteiger partial charge on any atom is 0.356 e. The number of aromatic nitrogens is 3. The van der Waals surface area contributed by atoms with E-state index in [4.69, 9.17) is 4.74 Å². The van der Waals surface area contributed by atoms with Gasteiger partial charge in [-0.15, -0.1) is 0 Å². The van der Waals surface area contributed by atoms with Crippen molar-refractivity contribution in [2.45, 2.75) is 6.54 Å². The van der Waals surface area contributed by atoms with E-state index in [0.717, 1.165) is 16.6 Å². The summed E-state index contributed by atoms with van der Waals surface area (Å²) in [7, 11) is 1.35. The Morgan fingerprint density at radius 1 is 1.20 bits per heavy atom. The lowest BCUT2D eigenvalue weighted by Crippen LogP contribution is -2.06. The van der Waals surface area contributed by atoms with Crippen molar-refractivity contribution in [3.05, 3.63) is 60.2 Å². The molecular weight excluding hydrogens is 254 g/mol. The number of carbonyl (C=O) groups is 1. The van der Waals surface area contributed by atoms with Crippen LogP contribution in [-0.4, -0.2) is 27.6 Å². The first-order valence-corrected chi connectivity index (χ1v) is 6.21. The van der Waals surface area contributed by atoms with Crippen LogP contribution in [0.5, 0.6) is 0 Å². The molecule has 0 fully saturated rings. The quantitative estimate of drug-likeness (QED) is 0.683. The summed E-state index contributed by atoms with van der Waals surface area (Å²) >= 11 is 0. The van der Waals surface area contributed by atoms with Crippen LogP contribution in [0, 0.1) is 0 Å². The molecule has 100 valence electrons. The summed E-state index contributed by atoms with van der Waals surface area (Å²) < 4.78 is 6.70. The number of rotatable bonds is 3. The van der Waals surface area contributed by atoms with E-state index in [9.17, 15) is 4.79 Å². The monoisotopic (exact) mass is 267 g/mol. The molecule has 0 aliphatic heterocycles. The standard InChI is InChI=1S/C15H13N3O2/c1-20-15(19)13-3-2-12-6-9-18(14(12)17-13)10-11-4-7-16-8-5-11/h2-9H,10H2,1H3. The largest absolute Gasteiger partial charge is 0.464 e. The van der Waals surface area contributed by atoms with E-state index in [0.29, 0.717) is 12.2 Å². The molecule has 5 heteroatoms. The number of methoxy groups -OCH3 is 1. The molecule has 0 saturated carbocycles. The summed E-state index contributed by atoms with van der Waals surface area (Å²) in [5, 5.41) is 0.992. The zero-order valence-corrected chi connectivity index (χ0v) is 11.0. The summed E-state index contributed by atoms with van der Waals surface area (Å²) in [5.74, 6) is -0.427. The maximum absolute atomic E-state index is 11.5. The van der Waals surface area contributed by atoms with Crippen LogP contribution in [0.2, 0.25) is 0 Å². The highest BCUT2D eigenvalue weighted by Gasteiger charge is 2.10. The molecule has 0 bridgehead atoms. The predicted octanol–water partition coefficient (Wildman–Crippen LogP) is 2.27. The summed E-state index contributed by atoms with van der Waals surface area (Å²) in [5.41, 5.74) is 2.21. The minimum absolute atomic E-state index is 0.315. The Morgan fingerprint density at radius 3 is 2.75 bits per heavy atom. The first-order chi connectivity index (χ1) is 9.78. The molecule has 0 aromatic carbocycles. The lowest BCUT2D eigenvalue weighted by Gasteiger charge is -2.05. The minimum atomic E-state index is -0.427. The second kappa shape index (κ2) is 5.13. The predicted molar refractivity (Wildman–Crippen MR) is 74.4 cm³/mol. The third-order valence-electron chi connectivity index (χ3n) is 3.11. The van der Waals surface area contributed by atoms with Crippen LogP contribution in [0.4, 0.5) is 0 Å². The Balaban J connectivity index is 2.01. The van der Waals surface area contributed by atoms with E-state index < -0.39 is 5.97 Å². The highest BCUT2D eigenvalue weighted by Crippen LogP contribution is 2.16. The van der Waals surface area contributed by atoms with Crippen LogP contribution in [0.1, 0.15) is 16.1 Å². The van der Waals surface area contributed by atoms with Gasteiger partial charge in [-0.25, -0.2) is 9.78 Å². The van der Waals surface area contributed by atoms with Crippen molar-refractivity contribution in [2.75, 3.05) is 7.11 Å².